The smallest absolute Gasteiger partial charge is 0.0506 e. The van der Waals surface area contributed by atoms with Crippen molar-refractivity contribution in [1.29, 1.82) is 0 Å². The zero-order valence-electron chi connectivity index (χ0n) is 12.2. The predicted octanol–water partition coefficient (Wildman–Crippen LogP) is 3.07. The highest BCUT2D eigenvalue weighted by Crippen LogP contribution is 2.56. The lowest BCUT2D eigenvalue weighted by atomic mass is 9.52. The molecule has 1 aliphatic heterocycles. The van der Waals surface area contributed by atoms with E-state index in [-0.39, 0.29) is 0 Å². The predicted molar refractivity (Wildman–Crippen MR) is 76.9 cm³/mol. The third-order valence-electron chi connectivity index (χ3n) is 6.48. The van der Waals surface area contributed by atoms with Gasteiger partial charge >= 0.3 is 0 Å². The normalized spacial score (nSPS) is 48.6. The Balaban J connectivity index is 1.26. The monoisotopic (exact) mass is 263 g/mol. The van der Waals surface area contributed by atoms with Crippen molar-refractivity contribution >= 4 is 0 Å². The number of piperidine rings is 1. The second-order valence-electron chi connectivity index (χ2n) is 7.84. The summed E-state index contributed by atoms with van der Waals surface area (Å²) in [6, 6.07) is 0. The molecule has 4 aliphatic carbocycles. The highest BCUT2D eigenvalue weighted by atomic mass is 16.5. The van der Waals surface area contributed by atoms with E-state index in [0.29, 0.717) is 0 Å². The van der Waals surface area contributed by atoms with Crippen molar-refractivity contribution in [1.82, 2.24) is 5.32 Å². The molecule has 19 heavy (non-hydrogen) atoms. The summed E-state index contributed by atoms with van der Waals surface area (Å²) >= 11 is 0. The lowest BCUT2D eigenvalue weighted by Gasteiger charge is -2.54. The summed E-state index contributed by atoms with van der Waals surface area (Å²) in [7, 11) is 0. The first-order valence-corrected chi connectivity index (χ1v) is 8.67. The molecule has 2 heteroatoms. The van der Waals surface area contributed by atoms with Crippen LogP contribution in [0.2, 0.25) is 0 Å². The minimum atomic E-state index is 0.783. The van der Waals surface area contributed by atoms with Crippen molar-refractivity contribution in [2.45, 2.75) is 44.9 Å². The highest BCUT2D eigenvalue weighted by molar-refractivity contribution is 4.97. The van der Waals surface area contributed by atoms with Crippen LogP contribution in [0.3, 0.4) is 0 Å². The molecule has 4 bridgehead atoms. The summed E-state index contributed by atoms with van der Waals surface area (Å²) in [5.41, 5.74) is 0. The summed E-state index contributed by atoms with van der Waals surface area (Å²) in [6.45, 7) is 4.48. The van der Waals surface area contributed by atoms with Gasteiger partial charge in [-0.3, -0.25) is 0 Å². The number of nitrogens with one attached hydrogen (secondary N) is 1. The largest absolute Gasteiger partial charge is 0.381 e. The van der Waals surface area contributed by atoms with Gasteiger partial charge in [-0.2, -0.15) is 0 Å². The van der Waals surface area contributed by atoms with E-state index in [4.69, 9.17) is 4.74 Å². The maximum absolute atomic E-state index is 6.16. The maximum atomic E-state index is 6.16. The molecule has 0 amide bonds. The summed E-state index contributed by atoms with van der Waals surface area (Å²) in [4.78, 5) is 0. The summed E-state index contributed by atoms with van der Waals surface area (Å²) in [6.07, 6.45) is 10.4. The SMILES string of the molecule is C1CNCC(COCC2C3CC4CC(C3)CC2C4)C1. The van der Waals surface area contributed by atoms with E-state index in [0.717, 1.165) is 48.7 Å². The number of ether oxygens (including phenoxy) is 1. The van der Waals surface area contributed by atoms with Crippen LogP contribution < -0.4 is 5.32 Å². The van der Waals surface area contributed by atoms with Crippen LogP contribution in [0, 0.1) is 35.5 Å². The molecule has 1 saturated heterocycles. The standard InChI is InChI=1S/C17H29NO/c1-2-12(9-18-3-1)10-19-11-17-15-5-13-4-14(7-15)8-16(17)6-13/h12-18H,1-11H2. The first kappa shape index (κ1) is 12.6. The molecule has 0 aromatic heterocycles. The lowest BCUT2D eigenvalue weighted by molar-refractivity contribution is -0.0758. The van der Waals surface area contributed by atoms with Crippen LogP contribution in [0.25, 0.3) is 0 Å². The van der Waals surface area contributed by atoms with Gasteiger partial charge < -0.3 is 10.1 Å². The summed E-state index contributed by atoms with van der Waals surface area (Å²) in [5, 5.41) is 3.49. The van der Waals surface area contributed by atoms with Crippen LogP contribution in [0.5, 0.6) is 0 Å². The van der Waals surface area contributed by atoms with Crippen LogP contribution in [-0.4, -0.2) is 26.3 Å². The molecule has 5 rings (SSSR count). The number of rotatable bonds is 4. The highest BCUT2D eigenvalue weighted by Gasteiger charge is 2.47. The molecule has 1 N–H and O–H groups in total. The number of hydrogen-bond donors (Lipinski definition) is 1. The Labute approximate surface area is 117 Å². The molecular formula is C17H29NO. The molecule has 1 heterocycles. The van der Waals surface area contributed by atoms with E-state index < -0.39 is 0 Å². The van der Waals surface area contributed by atoms with E-state index in [9.17, 15) is 0 Å². The first-order chi connectivity index (χ1) is 9.38. The molecule has 4 saturated carbocycles. The summed E-state index contributed by atoms with van der Waals surface area (Å²) in [5.74, 6) is 5.96. The Morgan fingerprint density at radius 1 is 0.895 bits per heavy atom. The zero-order valence-corrected chi connectivity index (χ0v) is 12.2. The topological polar surface area (TPSA) is 21.3 Å². The molecule has 5 aliphatic rings. The van der Waals surface area contributed by atoms with Gasteiger partial charge in [0.2, 0.25) is 0 Å². The quantitative estimate of drug-likeness (QED) is 0.841. The molecule has 0 radical (unpaired) electrons. The molecule has 0 aromatic rings. The summed E-state index contributed by atoms with van der Waals surface area (Å²) < 4.78 is 6.16. The lowest BCUT2D eigenvalue weighted by Crippen LogP contribution is -2.46. The van der Waals surface area contributed by atoms with E-state index in [1.54, 1.807) is 6.42 Å². The zero-order chi connectivity index (χ0) is 12.7. The van der Waals surface area contributed by atoms with E-state index in [1.807, 2.05) is 0 Å². The fourth-order valence-corrected chi connectivity index (χ4v) is 5.75. The van der Waals surface area contributed by atoms with Gasteiger partial charge in [-0.15, -0.1) is 0 Å². The van der Waals surface area contributed by atoms with E-state index in [1.165, 1.54) is 51.6 Å². The van der Waals surface area contributed by atoms with Gasteiger partial charge in [-0.1, -0.05) is 0 Å². The molecule has 1 atom stereocenters. The van der Waals surface area contributed by atoms with Gasteiger partial charge in [-0.25, -0.2) is 0 Å². The average molecular weight is 263 g/mol. The Kier molecular flexibility index (Phi) is 3.57. The van der Waals surface area contributed by atoms with Crippen molar-refractivity contribution < 1.29 is 4.74 Å². The van der Waals surface area contributed by atoms with Gasteiger partial charge in [0.05, 0.1) is 6.61 Å². The fraction of sp³-hybridized carbons (Fsp3) is 1.00. The second kappa shape index (κ2) is 5.37. The average Bonchev–Trinajstić information content (AvgIpc) is 2.42. The van der Waals surface area contributed by atoms with Gasteiger partial charge in [0.15, 0.2) is 0 Å². The van der Waals surface area contributed by atoms with E-state index >= 15 is 0 Å². The Morgan fingerprint density at radius 3 is 2.26 bits per heavy atom. The van der Waals surface area contributed by atoms with Crippen LogP contribution >= 0.6 is 0 Å². The van der Waals surface area contributed by atoms with Crippen molar-refractivity contribution in [3.8, 4) is 0 Å². The third-order valence-corrected chi connectivity index (χ3v) is 6.48. The first-order valence-electron chi connectivity index (χ1n) is 8.67. The minimum Gasteiger partial charge on any atom is -0.381 e. The van der Waals surface area contributed by atoms with Crippen LogP contribution in [-0.2, 0) is 4.74 Å². The van der Waals surface area contributed by atoms with Gasteiger partial charge in [-0.05, 0) is 87.0 Å². The van der Waals surface area contributed by atoms with Crippen LogP contribution in [0.1, 0.15) is 44.9 Å². The van der Waals surface area contributed by atoms with Gasteiger partial charge in [0.1, 0.15) is 0 Å². The van der Waals surface area contributed by atoms with Gasteiger partial charge in [0.25, 0.3) is 0 Å². The Hall–Kier alpha value is -0.0800. The number of hydrogen-bond acceptors (Lipinski definition) is 2. The molecule has 5 fully saturated rings. The van der Waals surface area contributed by atoms with Gasteiger partial charge in [0, 0.05) is 13.2 Å². The molecule has 1 unspecified atom stereocenters. The van der Waals surface area contributed by atoms with Crippen molar-refractivity contribution in [3.63, 3.8) is 0 Å². The second-order valence-corrected chi connectivity index (χ2v) is 7.84. The van der Waals surface area contributed by atoms with Crippen LogP contribution in [0.15, 0.2) is 0 Å². The van der Waals surface area contributed by atoms with Crippen molar-refractivity contribution in [3.05, 3.63) is 0 Å². The van der Waals surface area contributed by atoms with Crippen molar-refractivity contribution in [2.24, 2.45) is 35.5 Å². The fourth-order valence-electron chi connectivity index (χ4n) is 5.75. The molecule has 108 valence electrons. The van der Waals surface area contributed by atoms with Crippen LogP contribution in [0.4, 0.5) is 0 Å². The van der Waals surface area contributed by atoms with Crippen molar-refractivity contribution in [2.75, 3.05) is 26.3 Å². The Bertz CT molecular complexity index is 282. The maximum Gasteiger partial charge on any atom is 0.0506 e. The molecule has 0 spiro atoms. The third kappa shape index (κ3) is 2.58. The molecule has 2 nitrogen and oxygen atoms in total. The molecule has 0 aromatic carbocycles. The minimum absolute atomic E-state index is 0.783. The Morgan fingerprint density at radius 2 is 1.63 bits per heavy atom. The molecular weight excluding hydrogens is 234 g/mol. The van der Waals surface area contributed by atoms with E-state index in [2.05, 4.69) is 5.32 Å².